The number of halogens is 1. The van der Waals surface area contributed by atoms with Crippen molar-refractivity contribution in [3.63, 3.8) is 0 Å². The summed E-state index contributed by atoms with van der Waals surface area (Å²) in [4.78, 5) is 29.1. The van der Waals surface area contributed by atoms with Crippen molar-refractivity contribution in [1.82, 2.24) is 9.80 Å². The fourth-order valence-electron chi connectivity index (χ4n) is 3.77. The number of carbonyl (C=O) groups excluding carboxylic acids is 2. The molecule has 1 aromatic rings. The Morgan fingerprint density at radius 3 is 2.28 bits per heavy atom. The smallest absolute Gasteiger partial charge is 0.254 e. The standard InChI is InChI=1S/C19H25ClN2O3/c1-13-11-17(25-2)16(20)12-15(13)19(24)22-9-7-21(8-10-22)18(23)14-5-3-4-6-14/h11-12,14H,3-10H2,1-2H3. The van der Waals surface area contributed by atoms with Crippen molar-refractivity contribution in [1.29, 1.82) is 0 Å². The molecule has 1 aromatic carbocycles. The van der Waals surface area contributed by atoms with Crippen LogP contribution in [0.1, 0.15) is 41.6 Å². The van der Waals surface area contributed by atoms with Crippen molar-refractivity contribution in [2.75, 3.05) is 33.3 Å². The molecule has 0 aromatic heterocycles. The minimum absolute atomic E-state index is 0.0324. The number of benzene rings is 1. The Kier molecular flexibility index (Phi) is 5.52. The second kappa shape index (κ2) is 7.65. The molecule has 1 saturated heterocycles. The molecule has 6 heteroatoms. The lowest BCUT2D eigenvalue weighted by Gasteiger charge is -2.36. The van der Waals surface area contributed by atoms with Crippen LogP contribution in [-0.4, -0.2) is 54.9 Å². The Labute approximate surface area is 153 Å². The second-order valence-corrected chi connectivity index (χ2v) is 7.31. The summed E-state index contributed by atoms with van der Waals surface area (Å²) in [7, 11) is 1.56. The number of nitrogens with zero attached hydrogens (tertiary/aromatic N) is 2. The number of ether oxygens (including phenoxy) is 1. The SMILES string of the molecule is COc1cc(C)c(C(=O)N2CCN(C(=O)C3CCCC3)CC2)cc1Cl. The lowest BCUT2D eigenvalue weighted by Crippen LogP contribution is -2.51. The molecular weight excluding hydrogens is 340 g/mol. The van der Waals surface area contributed by atoms with E-state index >= 15 is 0 Å². The van der Waals surface area contributed by atoms with E-state index in [1.165, 1.54) is 0 Å². The van der Waals surface area contributed by atoms with E-state index in [2.05, 4.69) is 0 Å². The summed E-state index contributed by atoms with van der Waals surface area (Å²) in [6.45, 7) is 4.25. The number of aryl methyl sites for hydroxylation is 1. The van der Waals surface area contributed by atoms with Crippen LogP contribution in [0.3, 0.4) is 0 Å². The van der Waals surface area contributed by atoms with Crippen LogP contribution in [0, 0.1) is 12.8 Å². The van der Waals surface area contributed by atoms with E-state index in [1.54, 1.807) is 19.2 Å². The zero-order valence-electron chi connectivity index (χ0n) is 14.9. The van der Waals surface area contributed by atoms with Gasteiger partial charge in [0.1, 0.15) is 5.75 Å². The number of hydrogen-bond donors (Lipinski definition) is 0. The molecule has 136 valence electrons. The van der Waals surface area contributed by atoms with Crippen molar-refractivity contribution < 1.29 is 14.3 Å². The Balaban J connectivity index is 1.63. The molecule has 0 radical (unpaired) electrons. The molecule has 25 heavy (non-hydrogen) atoms. The van der Waals surface area contributed by atoms with Crippen molar-refractivity contribution in [3.8, 4) is 5.75 Å². The monoisotopic (exact) mass is 364 g/mol. The van der Waals surface area contributed by atoms with Crippen LogP contribution >= 0.6 is 11.6 Å². The van der Waals surface area contributed by atoms with Gasteiger partial charge >= 0.3 is 0 Å². The third-order valence-electron chi connectivity index (χ3n) is 5.31. The second-order valence-electron chi connectivity index (χ2n) is 6.90. The summed E-state index contributed by atoms with van der Waals surface area (Å²) in [5, 5.41) is 0.437. The first kappa shape index (κ1) is 18.1. The van der Waals surface area contributed by atoms with Gasteiger partial charge in [-0.05, 0) is 37.5 Å². The first-order valence-electron chi connectivity index (χ1n) is 8.93. The zero-order chi connectivity index (χ0) is 18.0. The third-order valence-corrected chi connectivity index (χ3v) is 5.61. The Hall–Kier alpha value is -1.75. The summed E-state index contributed by atoms with van der Waals surface area (Å²) < 4.78 is 5.19. The maximum Gasteiger partial charge on any atom is 0.254 e. The quantitative estimate of drug-likeness (QED) is 0.827. The van der Waals surface area contributed by atoms with Crippen molar-refractivity contribution in [3.05, 3.63) is 28.3 Å². The van der Waals surface area contributed by atoms with E-state index in [4.69, 9.17) is 16.3 Å². The molecule has 5 nitrogen and oxygen atoms in total. The summed E-state index contributed by atoms with van der Waals surface area (Å²) >= 11 is 6.17. The molecule has 2 amide bonds. The number of hydrogen-bond acceptors (Lipinski definition) is 3. The van der Waals surface area contributed by atoms with Crippen LogP contribution in [0.15, 0.2) is 12.1 Å². The van der Waals surface area contributed by atoms with Crippen LogP contribution in [-0.2, 0) is 4.79 Å². The van der Waals surface area contributed by atoms with Gasteiger partial charge in [0.05, 0.1) is 12.1 Å². The molecule has 1 aliphatic heterocycles. The summed E-state index contributed by atoms with van der Waals surface area (Å²) in [6, 6.07) is 3.46. The average molecular weight is 365 g/mol. The largest absolute Gasteiger partial charge is 0.495 e. The Morgan fingerprint density at radius 2 is 1.68 bits per heavy atom. The van der Waals surface area contributed by atoms with E-state index in [1.807, 2.05) is 16.7 Å². The number of amides is 2. The van der Waals surface area contributed by atoms with Crippen LogP contribution < -0.4 is 4.74 Å². The van der Waals surface area contributed by atoms with Gasteiger partial charge in [0.2, 0.25) is 5.91 Å². The highest BCUT2D eigenvalue weighted by molar-refractivity contribution is 6.32. The van der Waals surface area contributed by atoms with Gasteiger partial charge in [-0.25, -0.2) is 0 Å². The number of carbonyl (C=O) groups is 2. The zero-order valence-corrected chi connectivity index (χ0v) is 15.6. The predicted molar refractivity (Wildman–Crippen MR) is 97.2 cm³/mol. The first-order valence-corrected chi connectivity index (χ1v) is 9.31. The average Bonchev–Trinajstić information content (AvgIpc) is 3.17. The molecular formula is C19H25ClN2O3. The van der Waals surface area contributed by atoms with Gasteiger partial charge in [-0.15, -0.1) is 0 Å². The number of methoxy groups -OCH3 is 1. The minimum atomic E-state index is -0.0324. The predicted octanol–water partition coefficient (Wildman–Crippen LogP) is 3.13. The topological polar surface area (TPSA) is 49.9 Å². The molecule has 1 saturated carbocycles. The van der Waals surface area contributed by atoms with Crippen molar-refractivity contribution >= 4 is 23.4 Å². The van der Waals surface area contributed by atoms with Crippen LogP contribution in [0.4, 0.5) is 0 Å². The maximum atomic E-state index is 12.8. The van der Waals surface area contributed by atoms with Crippen LogP contribution in [0.25, 0.3) is 0 Å². The normalized spacial score (nSPS) is 18.5. The third kappa shape index (κ3) is 3.76. The fourth-order valence-corrected chi connectivity index (χ4v) is 4.01. The first-order chi connectivity index (χ1) is 12.0. The highest BCUT2D eigenvalue weighted by atomic mass is 35.5. The molecule has 1 aliphatic carbocycles. The van der Waals surface area contributed by atoms with Crippen LogP contribution in [0.2, 0.25) is 5.02 Å². The van der Waals surface area contributed by atoms with Crippen molar-refractivity contribution in [2.24, 2.45) is 5.92 Å². The van der Waals surface area contributed by atoms with Crippen molar-refractivity contribution in [2.45, 2.75) is 32.6 Å². The summed E-state index contributed by atoms with van der Waals surface area (Å²) in [5.41, 5.74) is 1.44. The van der Waals surface area contributed by atoms with Gasteiger partial charge in [-0.3, -0.25) is 9.59 Å². The molecule has 2 aliphatic rings. The fraction of sp³-hybridized carbons (Fsp3) is 0.579. The molecule has 2 fully saturated rings. The Morgan fingerprint density at radius 1 is 1.08 bits per heavy atom. The number of piperazine rings is 1. The molecule has 0 atom stereocenters. The van der Waals surface area contributed by atoms with Crippen LogP contribution in [0.5, 0.6) is 5.75 Å². The van der Waals surface area contributed by atoms with Gasteiger partial charge in [-0.1, -0.05) is 24.4 Å². The van der Waals surface area contributed by atoms with Gasteiger partial charge < -0.3 is 14.5 Å². The van der Waals surface area contributed by atoms with Gasteiger partial charge in [0, 0.05) is 37.7 Å². The minimum Gasteiger partial charge on any atom is -0.495 e. The van der Waals surface area contributed by atoms with E-state index in [9.17, 15) is 9.59 Å². The molecule has 0 bridgehead atoms. The summed E-state index contributed by atoms with van der Waals surface area (Å²) in [6.07, 6.45) is 4.35. The summed E-state index contributed by atoms with van der Waals surface area (Å²) in [5.74, 6) is 1.01. The van der Waals surface area contributed by atoms with E-state index in [0.29, 0.717) is 42.5 Å². The van der Waals surface area contributed by atoms with E-state index in [0.717, 1.165) is 31.2 Å². The highest BCUT2D eigenvalue weighted by Gasteiger charge is 2.31. The lowest BCUT2D eigenvalue weighted by molar-refractivity contribution is -0.136. The van der Waals surface area contributed by atoms with E-state index < -0.39 is 0 Å². The molecule has 0 spiro atoms. The molecule has 0 N–H and O–H groups in total. The highest BCUT2D eigenvalue weighted by Crippen LogP contribution is 2.29. The Bertz CT molecular complexity index is 663. The van der Waals surface area contributed by atoms with Gasteiger partial charge in [0.15, 0.2) is 0 Å². The van der Waals surface area contributed by atoms with Gasteiger partial charge in [0.25, 0.3) is 5.91 Å². The molecule has 1 heterocycles. The number of rotatable bonds is 3. The van der Waals surface area contributed by atoms with E-state index in [-0.39, 0.29) is 17.7 Å². The molecule has 3 rings (SSSR count). The lowest BCUT2D eigenvalue weighted by atomic mass is 10.0. The molecule has 0 unspecified atom stereocenters. The maximum absolute atomic E-state index is 12.8. The van der Waals surface area contributed by atoms with Gasteiger partial charge in [-0.2, -0.15) is 0 Å².